The summed E-state index contributed by atoms with van der Waals surface area (Å²) in [6.07, 6.45) is -3.54. The third-order valence-corrected chi connectivity index (χ3v) is 5.09. The van der Waals surface area contributed by atoms with E-state index < -0.39 is 11.7 Å². The predicted octanol–water partition coefficient (Wildman–Crippen LogP) is 3.49. The van der Waals surface area contributed by atoms with Gasteiger partial charge >= 0.3 is 6.18 Å². The first kappa shape index (κ1) is 21.4. The lowest BCUT2D eigenvalue weighted by Crippen LogP contribution is -2.50. The molecule has 1 saturated heterocycles. The number of aryl methyl sites for hydroxylation is 1. The van der Waals surface area contributed by atoms with Crippen LogP contribution in [0.3, 0.4) is 0 Å². The molecule has 8 heteroatoms. The highest BCUT2D eigenvalue weighted by atomic mass is 19.4. The Hall–Kier alpha value is -3.34. The third kappa shape index (κ3) is 5.17. The van der Waals surface area contributed by atoms with Crippen LogP contribution in [0.25, 0.3) is 0 Å². The van der Waals surface area contributed by atoms with Crippen LogP contribution in [0.1, 0.15) is 33.5 Å². The summed E-state index contributed by atoms with van der Waals surface area (Å²) in [6.45, 7) is 1.45. The maximum atomic E-state index is 12.7. The fourth-order valence-electron chi connectivity index (χ4n) is 3.30. The largest absolute Gasteiger partial charge is 0.416 e. The Morgan fingerprint density at radius 1 is 0.900 bits per heavy atom. The molecule has 1 aliphatic rings. The molecule has 3 rings (SSSR count). The fraction of sp³-hybridized carbons (Fsp3) is 0.318. The zero-order valence-corrected chi connectivity index (χ0v) is 16.2. The van der Waals surface area contributed by atoms with Crippen LogP contribution in [0.4, 0.5) is 13.2 Å². The highest BCUT2D eigenvalue weighted by molar-refractivity contribution is 5.94. The van der Waals surface area contributed by atoms with Crippen molar-refractivity contribution in [2.75, 3.05) is 26.2 Å². The van der Waals surface area contributed by atoms with Crippen molar-refractivity contribution in [3.63, 3.8) is 0 Å². The molecule has 1 aliphatic heterocycles. The van der Waals surface area contributed by atoms with Gasteiger partial charge in [-0.05, 0) is 48.4 Å². The van der Waals surface area contributed by atoms with Crippen molar-refractivity contribution in [2.45, 2.75) is 19.0 Å². The average molecular weight is 415 g/mol. The number of amides is 2. The SMILES string of the molecule is N#Cc1ccc(CCC(=O)N2CCN(C(=O)c3ccc(C(F)(F)F)cc3)CC2)cc1. The zero-order chi connectivity index (χ0) is 21.7. The number of alkyl halides is 3. The minimum atomic E-state index is -4.44. The lowest BCUT2D eigenvalue weighted by molar-refractivity contribution is -0.137. The monoisotopic (exact) mass is 415 g/mol. The van der Waals surface area contributed by atoms with E-state index in [1.54, 1.807) is 21.9 Å². The molecule has 0 aromatic heterocycles. The Labute approximate surface area is 172 Å². The molecule has 156 valence electrons. The van der Waals surface area contributed by atoms with E-state index in [1.165, 1.54) is 12.1 Å². The Morgan fingerprint density at radius 3 is 2.00 bits per heavy atom. The van der Waals surface area contributed by atoms with Crippen molar-refractivity contribution < 1.29 is 22.8 Å². The molecule has 1 fully saturated rings. The number of carbonyl (C=O) groups is 2. The van der Waals surface area contributed by atoms with E-state index in [0.29, 0.717) is 44.6 Å². The van der Waals surface area contributed by atoms with E-state index in [-0.39, 0.29) is 17.4 Å². The van der Waals surface area contributed by atoms with E-state index in [4.69, 9.17) is 5.26 Å². The van der Waals surface area contributed by atoms with Crippen molar-refractivity contribution in [1.29, 1.82) is 5.26 Å². The van der Waals surface area contributed by atoms with Gasteiger partial charge in [-0.3, -0.25) is 9.59 Å². The highest BCUT2D eigenvalue weighted by Crippen LogP contribution is 2.29. The molecule has 30 heavy (non-hydrogen) atoms. The summed E-state index contributed by atoms with van der Waals surface area (Å²) in [7, 11) is 0. The summed E-state index contributed by atoms with van der Waals surface area (Å²) in [5.41, 5.74) is 0.942. The van der Waals surface area contributed by atoms with Crippen molar-refractivity contribution in [1.82, 2.24) is 9.80 Å². The van der Waals surface area contributed by atoms with Gasteiger partial charge in [0.2, 0.25) is 5.91 Å². The van der Waals surface area contributed by atoms with Gasteiger partial charge in [-0.1, -0.05) is 12.1 Å². The predicted molar refractivity (Wildman–Crippen MR) is 103 cm³/mol. The summed E-state index contributed by atoms with van der Waals surface area (Å²) in [5, 5.41) is 8.81. The van der Waals surface area contributed by atoms with Crippen LogP contribution in [0.15, 0.2) is 48.5 Å². The molecule has 2 aromatic rings. The van der Waals surface area contributed by atoms with Crippen LogP contribution in [0.2, 0.25) is 0 Å². The number of piperazine rings is 1. The number of hydrogen-bond acceptors (Lipinski definition) is 3. The molecule has 0 unspecified atom stereocenters. The first-order chi connectivity index (χ1) is 14.3. The number of carbonyl (C=O) groups excluding carboxylic acids is 2. The Morgan fingerprint density at radius 2 is 1.47 bits per heavy atom. The molecule has 2 aromatic carbocycles. The van der Waals surface area contributed by atoms with E-state index in [9.17, 15) is 22.8 Å². The number of benzene rings is 2. The molecule has 0 radical (unpaired) electrons. The van der Waals surface area contributed by atoms with Gasteiger partial charge in [0, 0.05) is 38.2 Å². The van der Waals surface area contributed by atoms with E-state index in [2.05, 4.69) is 0 Å². The number of rotatable bonds is 4. The number of hydrogen-bond donors (Lipinski definition) is 0. The van der Waals surface area contributed by atoms with Crippen LogP contribution in [-0.4, -0.2) is 47.8 Å². The van der Waals surface area contributed by atoms with E-state index >= 15 is 0 Å². The van der Waals surface area contributed by atoms with Gasteiger partial charge in [0.25, 0.3) is 5.91 Å². The van der Waals surface area contributed by atoms with Crippen molar-refractivity contribution in [2.24, 2.45) is 0 Å². The third-order valence-electron chi connectivity index (χ3n) is 5.09. The quantitative estimate of drug-likeness (QED) is 0.768. The van der Waals surface area contributed by atoms with Gasteiger partial charge in [0.15, 0.2) is 0 Å². The summed E-state index contributed by atoms with van der Waals surface area (Å²) >= 11 is 0. The van der Waals surface area contributed by atoms with Crippen LogP contribution in [0.5, 0.6) is 0 Å². The minimum absolute atomic E-state index is 0.0130. The number of halogens is 3. The average Bonchev–Trinajstić information content (AvgIpc) is 2.77. The second-order valence-corrected chi connectivity index (χ2v) is 7.06. The molecule has 0 atom stereocenters. The number of nitrogens with zero attached hydrogens (tertiary/aromatic N) is 3. The molecule has 0 spiro atoms. The molecule has 1 heterocycles. The number of nitriles is 1. The minimum Gasteiger partial charge on any atom is -0.339 e. The lowest BCUT2D eigenvalue weighted by atomic mass is 10.1. The standard InChI is InChI=1S/C22H20F3N3O2/c23-22(24,25)19-8-6-18(7-9-19)21(30)28-13-11-27(12-14-28)20(29)10-5-16-1-3-17(15-26)4-2-16/h1-4,6-9H,5,10-14H2. The normalized spacial score (nSPS) is 14.3. The summed E-state index contributed by atoms with van der Waals surface area (Å²) < 4.78 is 38.0. The van der Waals surface area contributed by atoms with Gasteiger partial charge in [-0.25, -0.2) is 0 Å². The van der Waals surface area contributed by atoms with Crippen molar-refractivity contribution >= 4 is 11.8 Å². The Bertz CT molecular complexity index is 940. The second-order valence-electron chi connectivity index (χ2n) is 7.06. The molecule has 0 aliphatic carbocycles. The van der Waals surface area contributed by atoms with Gasteiger partial charge in [-0.2, -0.15) is 18.4 Å². The van der Waals surface area contributed by atoms with E-state index in [1.807, 2.05) is 18.2 Å². The summed E-state index contributed by atoms with van der Waals surface area (Å²) in [6, 6.07) is 13.3. The molecule has 0 N–H and O–H groups in total. The van der Waals surface area contributed by atoms with E-state index in [0.717, 1.165) is 17.7 Å². The molecule has 0 saturated carbocycles. The van der Waals surface area contributed by atoms with Crippen molar-refractivity contribution in [3.05, 3.63) is 70.8 Å². The maximum Gasteiger partial charge on any atom is 0.416 e. The maximum absolute atomic E-state index is 12.7. The van der Waals surface area contributed by atoms with Crippen LogP contribution < -0.4 is 0 Å². The van der Waals surface area contributed by atoms with Gasteiger partial charge < -0.3 is 9.80 Å². The smallest absolute Gasteiger partial charge is 0.339 e. The summed E-state index contributed by atoms with van der Waals surface area (Å²) in [5.74, 6) is -0.352. The molecule has 2 amide bonds. The first-order valence-corrected chi connectivity index (χ1v) is 9.51. The van der Waals surface area contributed by atoms with Crippen LogP contribution in [0, 0.1) is 11.3 Å². The molecular weight excluding hydrogens is 395 g/mol. The highest BCUT2D eigenvalue weighted by Gasteiger charge is 2.31. The van der Waals surface area contributed by atoms with Crippen LogP contribution in [-0.2, 0) is 17.4 Å². The zero-order valence-electron chi connectivity index (χ0n) is 16.2. The van der Waals surface area contributed by atoms with Gasteiger partial charge in [-0.15, -0.1) is 0 Å². The van der Waals surface area contributed by atoms with Crippen molar-refractivity contribution in [3.8, 4) is 6.07 Å². The van der Waals surface area contributed by atoms with Crippen LogP contribution >= 0.6 is 0 Å². The second kappa shape index (κ2) is 8.99. The molecule has 5 nitrogen and oxygen atoms in total. The molecular formula is C22H20F3N3O2. The fourth-order valence-corrected chi connectivity index (χ4v) is 3.30. The van der Waals surface area contributed by atoms with Gasteiger partial charge in [0.05, 0.1) is 17.2 Å². The molecule has 0 bridgehead atoms. The Balaban J connectivity index is 1.49. The lowest BCUT2D eigenvalue weighted by Gasteiger charge is -2.35. The van der Waals surface area contributed by atoms with Gasteiger partial charge in [0.1, 0.15) is 0 Å². The topological polar surface area (TPSA) is 64.4 Å². The Kier molecular flexibility index (Phi) is 6.40. The summed E-state index contributed by atoms with van der Waals surface area (Å²) in [4.78, 5) is 28.2. The first-order valence-electron chi connectivity index (χ1n) is 9.51.